The number of halogens is 3. The number of amides is 2. The molecule has 2 heterocycles. The van der Waals surface area contributed by atoms with Crippen molar-refractivity contribution in [2.75, 3.05) is 24.0 Å². The van der Waals surface area contributed by atoms with E-state index < -0.39 is 40.4 Å². The molecule has 15 heteroatoms. The average Bonchev–Trinajstić information content (AvgIpc) is 3.27. The Labute approximate surface area is 245 Å². The van der Waals surface area contributed by atoms with Crippen molar-refractivity contribution in [3.05, 3.63) is 76.4 Å². The van der Waals surface area contributed by atoms with E-state index in [4.69, 9.17) is 32.7 Å². The highest BCUT2D eigenvalue weighted by Crippen LogP contribution is 2.39. The van der Waals surface area contributed by atoms with Gasteiger partial charge in [0.25, 0.3) is 21.8 Å². The smallest absolute Gasteiger partial charge is 0.267 e. The molecule has 11 nitrogen and oxygen atoms in total. The Hall–Kier alpha value is -3.81. The highest BCUT2D eigenvalue weighted by molar-refractivity contribution is 7.92. The van der Waals surface area contributed by atoms with Crippen LogP contribution in [-0.2, 0) is 26.7 Å². The van der Waals surface area contributed by atoms with E-state index in [-0.39, 0.29) is 46.6 Å². The van der Waals surface area contributed by atoms with Crippen LogP contribution in [0.2, 0.25) is 10.0 Å². The highest BCUT2D eigenvalue weighted by atomic mass is 35.5. The molecule has 0 spiro atoms. The molecular weight excluding hydrogens is 600 g/mol. The number of hydrogen-bond acceptors (Lipinski definition) is 7. The van der Waals surface area contributed by atoms with Gasteiger partial charge in [-0.2, -0.15) is 5.10 Å². The van der Waals surface area contributed by atoms with E-state index >= 15 is 0 Å². The number of nitrogens with zero attached hydrogens (tertiary/aromatic N) is 3. The molecule has 1 atom stereocenters. The van der Waals surface area contributed by atoms with E-state index in [1.165, 1.54) is 41.2 Å². The fourth-order valence-corrected chi connectivity index (χ4v) is 5.95. The first-order valence-electron chi connectivity index (χ1n) is 12.2. The Balaban J connectivity index is 1.34. The summed E-state index contributed by atoms with van der Waals surface area (Å²) in [6.45, 7) is 4.70. The minimum atomic E-state index is -4.12. The first kappa shape index (κ1) is 30.2. The standard InChI is InChI=1S/C26H26Cl2FN5O6S/c1-15(31-25(35)14-39-18-5-6-19(28)20(29)11-18)8-9-30-26(36)23-12-34(21-10-17(27)4-7-22(21)40-23)41(37,38)24-13-33(3)32-16(24)2/h4-7,10-11,13,23H,1,8-9,12,14H2,2-3H3,(H,30,36)(H,31,35). The SMILES string of the molecule is C=C(CCNC(=O)C1CN(S(=O)(=O)c2cn(C)nc2C)c2cc(Cl)ccc2O1)NC(=O)COc1ccc(Cl)c(F)c1. The van der Waals surface area contributed by atoms with Crippen molar-refractivity contribution in [1.29, 1.82) is 0 Å². The zero-order valence-corrected chi connectivity index (χ0v) is 24.3. The average molecular weight is 626 g/mol. The van der Waals surface area contributed by atoms with E-state index in [0.717, 1.165) is 10.4 Å². The van der Waals surface area contributed by atoms with Crippen LogP contribution >= 0.6 is 23.2 Å². The summed E-state index contributed by atoms with van der Waals surface area (Å²) in [5.41, 5.74) is 0.793. The molecule has 1 aliphatic heterocycles. The zero-order chi connectivity index (χ0) is 29.9. The van der Waals surface area contributed by atoms with E-state index in [1.54, 1.807) is 14.0 Å². The normalized spacial score (nSPS) is 14.6. The predicted octanol–water partition coefficient (Wildman–Crippen LogP) is 3.35. The number of carbonyl (C=O) groups excluding carboxylic acids is 2. The van der Waals surface area contributed by atoms with Crippen LogP contribution in [-0.4, -0.2) is 55.8 Å². The number of rotatable bonds is 10. The molecule has 0 radical (unpaired) electrons. The number of fused-ring (bicyclic) bond motifs is 1. The molecule has 218 valence electrons. The number of ether oxygens (including phenoxy) is 2. The van der Waals surface area contributed by atoms with Gasteiger partial charge in [0.1, 0.15) is 22.2 Å². The van der Waals surface area contributed by atoms with Crippen LogP contribution in [0.5, 0.6) is 11.5 Å². The zero-order valence-electron chi connectivity index (χ0n) is 22.0. The summed E-state index contributed by atoms with van der Waals surface area (Å²) < 4.78 is 54.2. The molecule has 1 aromatic heterocycles. The number of aromatic nitrogens is 2. The lowest BCUT2D eigenvalue weighted by Crippen LogP contribution is -2.51. The molecule has 1 aliphatic rings. The van der Waals surface area contributed by atoms with Crippen LogP contribution in [0, 0.1) is 12.7 Å². The van der Waals surface area contributed by atoms with Gasteiger partial charge in [0.15, 0.2) is 12.7 Å². The first-order chi connectivity index (χ1) is 19.3. The van der Waals surface area contributed by atoms with Gasteiger partial charge in [-0.3, -0.25) is 18.6 Å². The summed E-state index contributed by atoms with van der Waals surface area (Å²) in [5.74, 6) is -1.48. The number of nitrogens with one attached hydrogen (secondary N) is 2. The van der Waals surface area contributed by atoms with E-state index in [2.05, 4.69) is 22.3 Å². The summed E-state index contributed by atoms with van der Waals surface area (Å²) in [4.78, 5) is 25.1. The van der Waals surface area contributed by atoms with Crippen LogP contribution in [0.3, 0.4) is 0 Å². The van der Waals surface area contributed by atoms with Crippen molar-refractivity contribution in [3.63, 3.8) is 0 Å². The molecule has 0 aliphatic carbocycles. The molecule has 0 saturated heterocycles. The third-order valence-corrected chi connectivity index (χ3v) is 8.35. The summed E-state index contributed by atoms with van der Waals surface area (Å²) in [5, 5.41) is 9.55. The van der Waals surface area contributed by atoms with Crippen LogP contribution < -0.4 is 24.4 Å². The Bertz CT molecular complexity index is 1610. The highest BCUT2D eigenvalue weighted by Gasteiger charge is 2.39. The van der Waals surface area contributed by atoms with Gasteiger partial charge < -0.3 is 20.1 Å². The second-order valence-electron chi connectivity index (χ2n) is 9.06. The number of benzene rings is 2. The predicted molar refractivity (Wildman–Crippen MR) is 150 cm³/mol. The fraction of sp³-hybridized carbons (Fsp3) is 0.269. The van der Waals surface area contributed by atoms with Gasteiger partial charge in [0.2, 0.25) is 0 Å². The second-order valence-corrected chi connectivity index (χ2v) is 11.7. The number of hydrogen-bond donors (Lipinski definition) is 2. The van der Waals surface area contributed by atoms with Gasteiger partial charge >= 0.3 is 0 Å². The minimum Gasteiger partial charge on any atom is -0.484 e. The van der Waals surface area contributed by atoms with Crippen molar-refractivity contribution >= 4 is 50.7 Å². The molecular formula is C26H26Cl2FN5O6S. The van der Waals surface area contributed by atoms with Crippen LogP contribution in [0.25, 0.3) is 0 Å². The van der Waals surface area contributed by atoms with Crippen molar-refractivity contribution in [2.24, 2.45) is 7.05 Å². The van der Waals surface area contributed by atoms with Crippen molar-refractivity contribution in [1.82, 2.24) is 20.4 Å². The van der Waals surface area contributed by atoms with Gasteiger partial charge in [-0.1, -0.05) is 29.8 Å². The third kappa shape index (κ3) is 7.10. The summed E-state index contributed by atoms with van der Waals surface area (Å²) in [6, 6.07) is 8.27. The van der Waals surface area contributed by atoms with Gasteiger partial charge in [-0.15, -0.1) is 0 Å². The molecule has 0 bridgehead atoms. The van der Waals surface area contributed by atoms with Crippen molar-refractivity contribution < 1.29 is 31.9 Å². The first-order valence-corrected chi connectivity index (χ1v) is 14.4. The Kier molecular flexibility index (Phi) is 9.10. The third-order valence-electron chi connectivity index (χ3n) is 5.92. The van der Waals surface area contributed by atoms with Crippen LogP contribution in [0.4, 0.5) is 10.1 Å². The quantitative estimate of drug-likeness (QED) is 0.353. The lowest BCUT2D eigenvalue weighted by atomic mass is 10.2. The number of anilines is 1. The maximum atomic E-state index is 13.6. The van der Waals surface area contributed by atoms with Gasteiger partial charge in [-0.05, 0) is 37.3 Å². The van der Waals surface area contributed by atoms with Crippen molar-refractivity contribution in [2.45, 2.75) is 24.3 Å². The molecule has 41 heavy (non-hydrogen) atoms. The number of sulfonamides is 1. The topological polar surface area (TPSA) is 132 Å². The Morgan fingerprint density at radius 1 is 1.24 bits per heavy atom. The molecule has 2 aromatic carbocycles. The lowest BCUT2D eigenvalue weighted by Gasteiger charge is -2.34. The van der Waals surface area contributed by atoms with E-state index in [0.29, 0.717) is 16.4 Å². The van der Waals surface area contributed by atoms with Gasteiger partial charge in [0.05, 0.1) is 22.9 Å². The Morgan fingerprint density at radius 2 is 2.00 bits per heavy atom. The molecule has 2 N–H and O–H groups in total. The number of aryl methyl sites for hydroxylation is 2. The molecule has 4 rings (SSSR count). The van der Waals surface area contributed by atoms with E-state index in [1.807, 2.05) is 0 Å². The molecule has 0 fully saturated rings. The molecule has 0 saturated carbocycles. The summed E-state index contributed by atoms with van der Waals surface area (Å²) >= 11 is 11.8. The lowest BCUT2D eigenvalue weighted by molar-refractivity contribution is -0.127. The van der Waals surface area contributed by atoms with E-state index in [9.17, 15) is 22.4 Å². The van der Waals surface area contributed by atoms with Gasteiger partial charge in [-0.25, -0.2) is 12.8 Å². The van der Waals surface area contributed by atoms with Crippen LogP contribution in [0.1, 0.15) is 12.1 Å². The monoisotopic (exact) mass is 625 g/mol. The summed E-state index contributed by atoms with van der Waals surface area (Å²) in [7, 11) is -2.51. The largest absolute Gasteiger partial charge is 0.484 e. The maximum absolute atomic E-state index is 13.6. The second kappa shape index (κ2) is 12.4. The molecule has 1 unspecified atom stereocenters. The number of carbonyl (C=O) groups is 2. The van der Waals surface area contributed by atoms with Crippen molar-refractivity contribution in [3.8, 4) is 11.5 Å². The van der Waals surface area contributed by atoms with Gasteiger partial charge in [0, 0.05) is 43.0 Å². The fourth-order valence-electron chi connectivity index (χ4n) is 4.00. The van der Waals surface area contributed by atoms with Crippen LogP contribution in [0.15, 0.2) is 59.8 Å². The molecule has 3 aromatic rings. The Morgan fingerprint density at radius 3 is 2.68 bits per heavy atom. The summed E-state index contributed by atoms with van der Waals surface area (Å²) in [6.07, 6.45) is 0.382. The maximum Gasteiger partial charge on any atom is 0.267 e. The molecule has 2 amide bonds. The minimum absolute atomic E-state index is 0.01000.